The van der Waals surface area contributed by atoms with Crippen molar-refractivity contribution < 1.29 is 29.0 Å². The van der Waals surface area contributed by atoms with Crippen LogP contribution >= 0.6 is 0 Å². The van der Waals surface area contributed by atoms with E-state index in [2.05, 4.69) is 21.0 Å². The minimum atomic E-state index is -1.17. The van der Waals surface area contributed by atoms with E-state index in [-0.39, 0.29) is 36.9 Å². The summed E-state index contributed by atoms with van der Waals surface area (Å²) in [5.74, 6) is -1.34. The van der Waals surface area contributed by atoms with Crippen LogP contribution in [0.4, 0.5) is 9.59 Å². The Morgan fingerprint density at radius 1 is 0.887 bits per heavy atom. The molecule has 0 saturated carbocycles. The second-order valence-electron chi connectivity index (χ2n) is 13.8. The molecule has 0 aliphatic carbocycles. The van der Waals surface area contributed by atoms with Crippen molar-refractivity contribution in [3.8, 4) is 0 Å². The van der Waals surface area contributed by atoms with Crippen LogP contribution in [-0.2, 0) is 33.8 Å². The summed E-state index contributed by atoms with van der Waals surface area (Å²) in [4.78, 5) is 61.5. The Morgan fingerprint density at radius 3 is 2.13 bits per heavy atom. The van der Waals surface area contributed by atoms with Crippen LogP contribution in [0.25, 0.3) is 0 Å². The highest BCUT2D eigenvalue weighted by Gasteiger charge is 2.41. The Labute approximate surface area is 313 Å². The molecule has 2 heterocycles. The molecule has 53 heavy (non-hydrogen) atoms. The van der Waals surface area contributed by atoms with Gasteiger partial charge in [0.15, 0.2) is 6.10 Å². The van der Waals surface area contributed by atoms with Crippen LogP contribution < -0.4 is 16.1 Å². The van der Waals surface area contributed by atoms with Crippen LogP contribution in [0, 0.1) is 11.8 Å². The number of hydrogen-bond donors (Lipinski definition) is 4. The minimum absolute atomic E-state index is 0.0683. The molecule has 4 rings (SSSR count). The first-order valence-corrected chi connectivity index (χ1v) is 18.5. The Balaban J connectivity index is 1.58. The third-order valence-corrected chi connectivity index (χ3v) is 9.85. The van der Waals surface area contributed by atoms with Crippen molar-refractivity contribution in [3.05, 3.63) is 102 Å². The monoisotopic (exact) mass is 729 g/mol. The Morgan fingerprint density at radius 2 is 1.53 bits per heavy atom. The third-order valence-electron chi connectivity index (χ3n) is 9.85. The molecule has 13 nitrogen and oxygen atoms in total. The number of carbonyl (C=O) groups is 4. The van der Waals surface area contributed by atoms with E-state index in [1.54, 1.807) is 27.2 Å². The number of alkyl carbamates (subject to hydrolysis) is 1. The number of urea groups is 1. The van der Waals surface area contributed by atoms with E-state index in [9.17, 15) is 24.3 Å². The SMILES string of the molecule is CC[C@H](C)[C@H](OC(=O)NC)C(=O)NN(Cc1ccccc1)C[C@H](O)[C@H](Cc1ccccc1)NC(=O)[C@H]([C@@H](C)CC)N1CCN(Cc2cccnc2)C1=O. The molecule has 5 amide bonds. The van der Waals surface area contributed by atoms with Crippen molar-refractivity contribution in [3.63, 3.8) is 0 Å². The second-order valence-corrected chi connectivity index (χ2v) is 13.8. The summed E-state index contributed by atoms with van der Waals surface area (Å²) in [5, 5.41) is 19.1. The predicted molar refractivity (Wildman–Crippen MR) is 202 cm³/mol. The molecule has 1 saturated heterocycles. The van der Waals surface area contributed by atoms with Gasteiger partial charge in [-0.3, -0.25) is 20.0 Å². The summed E-state index contributed by atoms with van der Waals surface area (Å²) >= 11 is 0. The lowest BCUT2D eigenvalue weighted by Gasteiger charge is -2.35. The number of aliphatic hydroxyl groups is 1. The van der Waals surface area contributed by atoms with Gasteiger partial charge in [-0.15, -0.1) is 0 Å². The van der Waals surface area contributed by atoms with E-state index in [0.717, 1.165) is 16.7 Å². The summed E-state index contributed by atoms with van der Waals surface area (Å²) in [6.07, 6.45) is 1.98. The molecule has 2 aromatic carbocycles. The fourth-order valence-electron chi connectivity index (χ4n) is 6.41. The van der Waals surface area contributed by atoms with Crippen LogP contribution in [0.1, 0.15) is 57.2 Å². The lowest BCUT2D eigenvalue weighted by Crippen LogP contribution is -2.58. The van der Waals surface area contributed by atoms with Crippen LogP contribution in [0.5, 0.6) is 0 Å². The van der Waals surface area contributed by atoms with Crippen molar-refractivity contribution in [2.75, 3.05) is 26.7 Å². The number of carbonyl (C=O) groups excluding carboxylic acids is 4. The van der Waals surface area contributed by atoms with E-state index in [1.807, 2.05) is 100 Å². The van der Waals surface area contributed by atoms with Gasteiger partial charge in [-0.25, -0.2) is 14.6 Å². The fourth-order valence-corrected chi connectivity index (χ4v) is 6.41. The molecule has 1 aliphatic heterocycles. The highest BCUT2D eigenvalue weighted by molar-refractivity contribution is 5.88. The summed E-state index contributed by atoms with van der Waals surface area (Å²) in [6, 6.07) is 21.0. The Hall–Kier alpha value is -5.01. The zero-order chi connectivity index (χ0) is 38.3. The average molecular weight is 730 g/mol. The molecule has 6 atom stereocenters. The molecule has 0 bridgehead atoms. The molecular weight excluding hydrogens is 674 g/mol. The van der Waals surface area contributed by atoms with Gasteiger partial charge in [-0.1, -0.05) is 101 Å². The lowest BCUT2D eigenvalue weighted by atomic mass is 9.95. The van der Waals surface area contributed by atoms with Gasteiger partial charge >= 0.3 is 12.1 Å². The van der Waals surface area contributed by atoms with Gasteiger partial charge in [0, 0.05) is 58.1 Å². The quantitative estimate of drug-likeness (QED) is 0.134. The highest BCUT2D eigenvalue weighted by atomic mass is 16.6. The number of benzene rings is 2. The first kappa shape index (κ1) is 40.8. The number of nitrogens with zero attached hydrogens (tertiary/aromatic N) is 4. The van der Waals surface area contributed by atoms with Crippen molar-refractivity contribution in [1.82, 2.24) is 35.9 Å². The molecule has 3 aromatic rings. The number of rotatable bonds is 19. The number of hydrogen-bond acceptors (Lipinski definition) is 8. The maximum Gasteiger partial charge on any atom is 0.407 e. The van der Waals surface area contributed by atoms with Crippen molar-refractivity contribution in [2.45, 2.75) is 84.3 Å². The van der Waals surface area contributed by atoms with Crippen LogP contribution in [0.2, 0.25) is 0 Å². The minimum Gasteiger partial charge on any atom is -0.436 e. The number of aliphatic hydroxyl groups excluding tert-OH is 1. The van der Waals surface area contributed by atoms with E-state index in [0.29, 0.717) is 38.9 Å². The van der Waals surface area contributed by atoms with E-state index in [1.165, 1.54) is 7.05 Å². The normalized spacial score (nSPS) is 16.3. The number of ether oxygens (including phenoxy) is 1. The average Bonchev–Trinajstić information content (AvgIpc) is 3.52. The summed E-state index contributed by atoms with van der Waals surface area (Å²) in [5.41, 5.74) is 5.56. The molecule has 286 valence electrons. The predicted octanol–water partition coefficient (Wildman–Crippen LogP) is 4.13. The molecule has 0 radical (unpaired) electrons. The largest absolute Gasteiger partial charge is 0.436 e. The standard InChI is InChI=1S/C40H55N7O6/c1-6-28(3)35(47-22-21-45(40(47)52)25-32-19-14-20-42-24-32)37(49)43-33(23-30-15-10-8-11-16-30)34(48)27-46(26-31-17-12-9-13-18-31)44-38(50)36(29(4)7-2)53-39(51)41-5/h8-20,24,28-29,33-36,48H,6-7,21-23,25-27H2,1-5H3,(H,41,51)(H,43,49)(H,44,50)/t28-,29-,33-,34-,35-,36-/m0/s1. The van der Waals surface area contributed by atoms with Crippen LogP contribution in [0.3, 0.4) is 0 Å². The summed E-state index contributed by atoms with van der Waals surface area (Å²) < 4.78 is 5.46. The molecule has 13 heteroatoms. The molecule has 0 spiro atoms. The second kappa shape index (κ2) is 20.3. The first-order valence-electron chi connectivity index (χ1n) is 18.5. The van der Waals surface area contributed by atoms with Gasteiger partial charge in [0.1, 0.15) is 6.04 Å². The van der Waals surface area contributed by atoms with Gasteiger partial charge in [-0.2, -0.15) is 0 Å². The first-order chi connectivity index (χ1) is 25.5. The number of hydrazine groups is 1. The Bertz CT molecular complexity index is 1600. The van der Waals surface area contributed by atoms with Gasteiger partial charge in [0.2, 0.25) is 5.91 Å². The molecule has 1 aromatic heterocycles. The third kappa shape index (κ3) is 11.7. The molecule has 0 unspecified atom stereocenters. The van der Waals surface area contributed by atoms with Gasteiger partial charge < -0.3 is 30.3 Å². The zero-order valence-electron chi connectivity index (χ0n) is 31.5. The smallest absolute Gasteiger partial charge is 0.407 e. The van der Waals surface area contributed by atoms with Gasteiger partial charge in [0.25, 0.3) is 5.91 Å². The molecule has 4 N–H and O–H groups in total. The fraction of sp³-hybridized carbons (Fsp3) is 0.475. The summed E-state index contributed by atoms with van der Waals surface area (Å²) in [7, 11) is 1.43. The number of aromatic nitrogens is 1. The number of pyridine rings is 1. The lowest BCUT2D eigenvalue weighted by molar-refractivity contribution is -0.138. The van der Waals surface area contributed by atoms with Crippen molar-refractivity contribution in [2.24, 2.45) is 11.8 Å². The van der Waals surface area contributed by atoms with E-state index >= 15 is 0 Å². The number of nitrogens with one attached hydrogen (secondary N) is 3. The van der Waals surface area contributed by atoms with Crippen LogP contribution in [0.15, 0.2) is 85.2 Å². The van der Waals surface area contributed by atoms with Crippen molar-refractivity contribution >= 4 is 23.9 Å². The zero-order valence-corrected chi connectivity index (χ0v) is 31.5. The molecule has 1 aliphatic rings. The molecule has 1 fully saturated rings. The maximum atomic E-state index is 14.3. The topological polar surface area (TPSA) is 156 Å². The number of amides is 5. The van der Waals surface area contributed by atoms with E-state index in [4.69, 9.17) is 4.74 Å². The van der Waals surface area contributed by atoms with Crippen molar-refractivity contribution in [1.29, 1.82) is 0 Å². The highest BCUT2D eigenvalue weighted by Crippen LogP contribution is 2.23. The van der Waals surface area contributed by atoms with Crippen LogP contribution in [-0.4, -0.2) is 99.8 Å². The van der Waals surface area contributed by atoms with E-state index < -0.39 is 36.3 Å². The van der Waals surface area contributed by atoms with Gasteiger partial charge in [0.05, 0.1) is 12.1 Å². The maximum absolute atomic E-state index is 14.3. The summed E-state index contributed by atoms with van der Waals surface area (Å²) in [6.45, 7) is 9.08. The molecular formula is C40H55N7O6. The van der Waals surface area contributed by atoms with Gasteiger partial charge in [-0.05, 0) is 41.5 Å². The Kier molecular flexibility index (Phi) is 15.6.